The largest absolute Gasteiger partial charge is 0.508 e. The van der Waals surface area contributed by atoms with Gasteiger partial charge in [0.1, 0.15) is 17.5 Å². The third kappa shape index (κ3) is 3.05. The average molecular weight is 375 g/mol. The van der Waals surface area contributed by atoms with Crippen molar-refractivity contribution in [1.82, 2.24) is 0 Å². The van der Waals surface area contributed by atoms with Gasteiger partial charge in [-0.15, -0.1) is 0 Å². The van der Waals surface area contributed by atoms with Crippen molar-refractivity contribution in [2.45, 2.75) is 12.1 Å². The van der Waals surface area contributed by atoms with Gasteiger partial charge >= 0.3 is 5.97 Å². The number of hydrogen-bond donors (Lipinski definition) is 2. The Hall–Kier alpha value is -3.80. The summed E-state index contributed by atoms with van der Waals surface area (Å²) < 4.78 is 5.90. The van der Waals surface area contributed by atoms with Crippen LogP contribution in [-0.4, -0.2) is 28.2 Å². The lowest BCUT2D eigenvalue weighted by Gasteiger charge is -2.46. The molecule has 2 atom stereocenters. The summed E-state index contributed by atoms with van der Waals surface area (Å²) in [4.78, 5) is 25.5. The number of carbonyl (C=O) groups is 2. The molecule has 3 aromatic rings. The number of rotatable bonds is 5. The number of benzene rings is 3. The van der Waals surface area contributed by atoms with E-state index >= 15 is 0 Å². The molecule has 2 N–H and O–H groups in total. The van der Waals surface area contributed by atoms with Crippen molar-refractivity contribution in [1.29, 1.82) is 0 Å². The van der Waals surface area contributed by atoms with E-state index in [2.05, 4.69) is 0 Å². The summed E-state index contributed by atoms with van der Waals surface area (Å²) in [6, 6.07) is 21.3. The molecule has 0 spiro atoms. The SMILES string of the molecule is O=C(O)c1ccc(N2C(=O)[C@@H](Oc3ccccc3)[C@H]2c2ccccc2O)cc1. The minimum atomic E-state index is -1.04. The second-order valence-corrected chi connectivity index (χ2v) is 6.42. The number of β-lactam (4-membered cyclic amide) rings is 1. The first-order valence-corrected chi connectivity index (χ1v) is 8.72. The number of amides is 1. The monoisotopic (exact) mass is 375 g/mol. The molecule has 140 valence electrons. The van der Waals surface area contributed by atoms with Gasteiger partial charge in [0.2, 0.25) is 6.10 Å². The lowest BCUT2D eigenvalue weighted by atomic mass is 9.89. The molecule has 3 aromatic carbocycles. The molecule has 0 unspecified atom stereocenters. The molecule has 0 saturated carbocycles. The fourth-order valence-electron chi connectivity index (χ4n) is 3.32. The maximum atomic E-state index is 12.9. The molecule has 1 saturated heterocycles. The molecule has 0 radical (unpaired) electrons. The first-order valence-electron chi connectivity index (χ1n) is 8.72. The number of carboxylic acid groups (broad SMARTS) is 1. The third-order valence-electron chi connectivity index (χ3n) is 4.70. The number of para-hydroxylation sites is 2. The molecule has 1 aliphatic heterocycles. The standard InChI is InChI=1S/C22H17NO5/c24-18-9-5-4-8-17(18)19-20(28-16-6-2-1-3-7-16)21(25)23(19)15-12-10-14(11-13-15)22(26)27/h1-13,19-20,24H,(H,26,27)/t19-,20+/m1/s1. The van der Waals surface area contributed by atoms with Crippen LogP contribution in [-0.2, 0) is 4.79 Å². The van der Waals surface area contributed by atoms with Gasteiger partial charge in [-0.2, -0.15) is 0 Å². The predicted octanol–water partition coefficient (Wildman–Crippen LogP) is 3.63. The molecule has 28 heavy (non-hydrogen) atoms. The van der Waals surface area contributed by atoms with Crippen LogP contribution in [0.5, 0.6) is 11.5 Å². The summed E-state index contributed by atoms with van der Waals surface area (Å²) in [5.41, 5.74) is 1.23. The van der Waals surface area contributed by atoms with Crippen LogP contribution >= 0.6 is 0 Å². The third-order valence-corrected chi connectivity index (χ3v) is 4.70. The van der Waals surface area contributed by atoms with Gasteiger partial charge in [-0.25, -0.2) is 4.79 Å². The summed E-state index contributed by atoms with van der Waals surface area (Å²) in [5.74, 6) is -0.680. The van der Waals surface area contributed by atoms with Crippen LogP contribution in [0.1, 0.15) is 22.0 Å². The molecule has 1 aliphatic rings. The van der Waals surface area contributed by atoms with E-state index < -0.39 is 18.1 Å². The predicted molar refractivity (Wildman–Crippen MR) is 103 cm³/mol. The number of anilines is 1. The normalized spacial score (nSPS) is 18.4. The Morgan fingerprint density at radius 1 is 0.893 bits per heavy atom. The van der Waals surface area contributed by atoms with Gasteiger partial charge in [-0.3, -0.25) is 9.69 Å². The molecule has 1 amide bonds. The molecule has 6 nitrogen and oxygen atoms in total. The van der Waals surface area contributed by atoms with Crippen LogP contribution < -0.4 is 9.64 Å². The Morgan fingerprint density at radius 2 is 1.54 bits per heavy atom. The van der Waals surface area contributed by atoms with E-state index in [4.69, 9.17) is 9.84 Å². The van der Waals surface area contributed by atoms with Crippen LogP contribution in [0.3, 0.4) is 0 Å². The van der Waals surface area contributed by atoms with Gasteiger partial charge in [-0.05, 0) is 42.5 Å². The molecular formula is C22H17NO5. The summed E-state index contributed by atoms with van der Waals surface area (Å²) in [5, 5.41) is 19.4. The van der Waals surface area contributed by atoms with E-state index in [0.29, 0.717) is 17.0 Å². The minimum absolute atomic E-state index is 0.0637. The number of phenolic OH excluding ortho intramolecular Hbond substituents is 1. The Morgan fingerprint density at radius 3 is 2.18 bits per heavy atom. The second-order valence-electron chi connectivity index (χ2n) is 6.42. The van der Waals surface area contributed by atoms with Crippen molar-refractivity contribution in [2.75, 3.05) is 4.90 Å². The number of phenols is 1. The molecule has 0 aliphatic carbocycles. The molecular weight excluding hydrogens is 358 g/mol. The first kappa shape index (κ1) is 17.6. The van der Waals surface area contributed by atoms with Gasteiger partial charge in [0.15, 0.2) is 0 Å². The van der Waals surface area contributed by atoms with Crippen LogP contribution in [0.15, 0.2) is 78.9 Å². The molecule has 1 heterocycles. The van der Waals surface area contributed by atoms with Crippen LogP contribution in [0.2, 0.25) is 0 Å². The smallest absolute Gasteiger partial charge is 0.335 e. The van der Waals surface area contributed by atoms with Crippen LogP contribution in [0, 0.1) is 0 Å². The number of aromatic hydroxyl groups is 1. The number of carbonyl (C=O) groups excluding carboxylic acids is 1. The zero-order valence-corrected chi connectivity index (χ0v) is 14.7. The Bertz CT molecular complexity index is 1020. The van der Waals surface area contributed by atoms with Crippen molar-refractivity contribution in [3.05, 3.63) is 90.0 Å². The van der Waals surface area contributed by atoms with E-state index in [1.807, 2.05) is 18.2 Å². The zero-order valence-electron chi connectivity index (χ0n) is 14.7. The van der Waals surface area contributed by atoms with Gasteiger partial charge < -0.3 is 14.9 Å². The maximum Gasteiger partial charge on any atom is 0.335 e. The quantitative estimate of drug-likeness (QED) is 0.665. The van der Waals surface area contributed by atoms with Gasteiger partial charge in [0.25, 0.3) is 5.91 Å². The fraction of sp³-hybridized carbons (Fsp3) is 0.0909. The number of hydrogen-bond acceptors (Lipinski definition) is 4. The summed E-state index contributed by atoms with van der Waals surface area (Å²) >= 11 is 0. The van der Waals surface area contributed by atoms with E-state index in [-0.39, 0.29) is 17.2 Å². The Balaban J connectivity index is 1.70. The van der Waals surface area contributed by atoms with E-state index in [1.165, 1.54) is 17.0 Å². The van der Waals surface area contributed by atoms with E-state index in [0.717, 1.165) is 0 Å². The van der Waals surface area contributed by atoms with E-state index in [9.17, 15) is 14.7 Å². The van der Waals surface area contributed by atoms with Crippen LogP contribution in [0.4, 0.5) is 5.69 Å². The highest BCUT2D eigenvalue weighted by Crippen LogP contribution is 2.43. The Labute approximate surface area is 161 Å². The number of aromatic carboxylic acids is 1. The number of ether oxygens (including phenoxy) is 1. The van der Waals surface area contributed by atoms with Crippen molar-refractivity contribution in [3.63, 3.8) is 0 Å². The summed E-state index contributed by atoms with van der Waals surface area (Å²) in [7, 11) is 0. The summed E-state index contributed by atoms with van der Waals surface area (Å²) in [6.45, 7) is 0. The second kappa shape index (κ2) is 7.08. The van der Waals surface area contributed by atoms with Crippen molar-refractivity contribution in [2.24, 2.45) is 0 Å². The lowest BCUT2D eigenvalue weighted by Crippen LogP contribution is -2.61. The first-order chi connectivity index (χ1) is 13.6. The van der Waals surface area contributed by atoms with Gasteiger partial charge in [0.05, 0.1) is 5.56 Å². The van der Waals surface area contributed by atoms with Crippen LogP contribution in [0.25, 0.3) is 0 Å². The topological polar surface area (TPSA) is 87.1 Å². The van der Waals surface area contributed by atoms with Gasteiger partial charge in [-0.1, -0.05) is 36.4 Å². The maximum absolute atomic E-state index is 12.9. The summed E-state index contributed by atoms with van der Waals surface area (Å²) in [6.07, 6.45) is -0.796. The highest BCUT2D eigenvalue weighted by Gasteiger charge is 2.51. The van der Waals surface area contributed by atoms with Gasteiger partial charge in [0, 0.05) is 11.3 Å². The molecule has 0 aromatic heterocycles. The molecule has 0 bridgehead atoms. The lowest BCUT2D eigenvalue weighted by molar-refractivity contribution is -0.135. The molecule has 6 heteroatoms. The zero-order chi connectivity index (χ0) is 19.7. The number of nitrogens with zero attached hydrogens (tertiary/aromatic N) is 1. The fourth-order valence-corrected chi connectivity index (χ4v) is 3.32. The van der Waals surface area contributed by atoms with E-state index in [1.54, 1.807) is 48.5 Å². The Kier molecular flexibility index (Phi) is 4.45. The molecule has 1 fully saturated rings. The average Bonchev–Trinajstić information content (AvgIpc) is 2.72. The number of carboxylic acids is 1. The minimum Gasteiger partial charge on any atom is -0.508 e. The highest BCUT2D eigenvalue weighted by molar-refractivity contribution is 6.05. The molecule has 4 rings (SSSR count). The highest BCUT2D eigenvalue weighted by atomic mass is 16.5. The van der Waals surface area contributed by atoms with Crippen molar-refractivity contribution in [3.8, 4) is 11.5 Å². The van der Waals surface area contributed by atoms with Crippen molar-refractivity contribution < 1.29 is 24.5 Å². The van der Waals surface area contributed by atoms with Crippen molar-refractivity contribution >= 4 is 17.6 Å².